The van der Waals surface area contributed by atoms with Crippen molar-refractivity contribution in [1.29, 1.82) is 0 Å². The summed E-state index contributed by atoms with van der Waals surface area (Å²) < 4.78 is 0.980. The van der Waals surface area contributed by atoms with Crippen LogP contribution in [0.4, 0.5) is 0 Å². The predicted octanol–water partition coefficient (Wildman–Crippen LogP) is 2.91. The Hall–Kier alpha value is -1.14. The highest BCUT2D eigenvalue weighted by atomic mass is 79.9. The fourth-order valence-corrected chi connectivity index (χ4v) is 2.77. The molecule has 15 heavy (non-hydrogen) atoms. The number of aromatic nitrogens is 2. The molecule has 0 aliphatic carbocycles. The van der Waals surface area contributed by atoms with Gasteiger partial charge in [-0.2, -0.15) is 5.10 Å². The predicted molar refractivity (Wildman–Crippen MR) is 61.3 cm³/mol. The molecule has 78 valence electrons. The smallest absolute Gasteiger partial charge is 0.356 e. The van der Waals surface area contributed by atoms with Gasteiger partial charge in [0, 0.05) is 15.4 Å². The molecule has 0 radical (unpaired) electrons. The number of aromatic carboxylic acids is 1. The van der Waals surface area contributed by atoms with Crippen LogP contribution in [-0.2, 0) is 0 Å². The number of hydrogen-bond donors (Lipinski definition) is 2. The van der Waals surface area contributed by atoms with Crippen molar-refractivity contribution >= 4 is 33.2 Å². The van der Waals surface area contributed by atoms with Crippen LogP contribution in [0.2, 0.25) is 0 Å². The second kappa shape index (κ2) is 3.79. The summed E-state index contributed by atoms with van der Waals surface area (Å²) in [5, 5.41) is 17.3. The van der Waals surface area contributed by atoms with E-state index in [1.165, 1.54) is 11.3 Å². The fourth-order valence-electron chi connectivity index (χ4n) is 1.29. The van der Waals surface area contributed by atoms with E-state index in [0.29, 0.717) is 5.56 Å². The summed E-state index contributed by atoms with van der Waals surface area (Å²) in [6.45, 7) is 1.75. The third kappa shape index (κ3) is 1.82. The van der Waals surface area contributed by atoms with E-state index in [4.69, 9.17) is 5.11 Å². The summed E-state index contributed by atoms with van der Waals surface area (Å²) in [6, 6.07) is 1.93. The normalized spacial score (nSPS) is 10.5. The Balaban J connectivity index is 2.50. The van der Waals surface area contributed by atoms with Gasteiger partial charge in [0.15, 0.2) is 5.69 Å². The molecule has 0 fully saturated rings. The molecule has 2 aromatic heterocycles. The maximum Gasteiger partial charge on any atom is 0.356 e. The third-order valence-corrected chi connectivity index (χ3v) is 3.73. The molecule has 0 saturated heterocycles. The molecule has 0 amide bonds. The van der Waals surface area contributed by atoms with E-state index in [2.05, 4.69) is 26.1 Å². The van der Waals surface area contributed by atoms with Crippen molar-refractivity contribution < 1.29 is 9.90 Å². The van der Waals surface area contributed by atoms with E-state index in [9.17, 15) is 4.79 Å². The number of nitrogens with one attached hydrogen (secondary N) is 1. The Morgan fingerprint density at radius 1 is 1.67 bits per heavy atom. The van der Waals surface area contributed by atoms with Gasteiger partial charge in [0.25, 0.3) is 0 Å². The van der Waals surface area contributed by atoms with Crippen molar-refractivity contribution in [2.75, 3.05) is 0 Å². The summed E-state index contributed by atoms with van der Waals surface area (Å²) in [6.07, 6.45) is 0. The average molecular weight is 287 g/mol. The minimum atomic E-state index is -1.01. The lowest BCUT2D eigenvalue weighted by Crippen LogP contribution is -1.98. The van der Waals surface area contributed by atoms with Gasteiger partial charge in [0.1, 0.15) is 0 Å². The zero-order chi connectivity index (χ0) is 11.0. The molecule has 0 aromatic carbocycles. The van der Waals surface area contributed by atoms with Crippen LogP contribution in [0.15, 0.2) is 15.9 Å². The highest BCUT2D eigenvalue weighted by Crippen LogP contribution is 2.31. The van der Waals surface area contributed by atoms with Gasteiger partial charge in [-0.05, 0) is 28.9 Å². The molecule has 6 heteroatoms. The van der Waals surface area contributed by atoms with Crippen LogP contribution in [0.25, 0.3) is 10.6 Å². The molecular weight excluding hydrogens is 280 g/mol. The number of nitrogens with zero attached hydrogens (tertiary/aromatic N) is 1. The Labute approximate surface area is 98.1 Å². The average Bonchev–Trinajstić information content (AvgIpc) is 2.71. The first kappa shape index (κ1) is 10.4. The first-order valence-electron chi connectivity index (χ1n) is 4.12. The highest BCUT2D eigenvalue weighted by Gasteiger charge is 2.16. The van der Waals surface area contributed by atoms with Crippen molar-refractivity contribution in [3.05, 3.63) is 27.2 Å². The van der Waals surface area contributed by atoms with Crippen LogP contribution in [0.3, 0.4) is 0 Å². The minimum absolute atomic E-state index is 0.0783. The molecule has 2 rings (SSSR count). The van der Waals surface area contributed by atoms with Gasteiger partial charge in [-0.15, -0.1) is 11.3 Å². The van der Waals surface area contributed by atoms with Gasteiger partial charge in [0.2, 0.25) is 0 Å². The number of thiophene rings is 1. The van der Waals surface area contributed by atoms with Crippen molar-refractivity contribution in [3.63, 3.8) is 0 Å². The molecule has 0 unspecified atom stereocenters. The van der Waals surface area contributed by atoms with E-state index >= 15 is 0 Å². The van der Waals surface area contributed by atoms with Gasteiger partial charge in [-0.1, -0.05) is 0 Å². The first-order valence-corrected chi connectivity index (χ1v) is 5.79. The van der Waals surface area contributed by atoms with Crippen LogP contribution in [-0.4, -0.2) is 21.3 Å². The number of H-pyrrole nitrogens is 1. The zero-order valence-electron chi connectivity index (χ0n) is 7.74. The molecule has 0 saturated carbocycles. The summed E-state index contributed by atoms with van der Waals surface area (Å²) >= 11 is 4.88. The van der Waals surface area contributed by atoms with Crippen molar-refractivity contribution in [2.45, 2.75) is 6.92 Å². The van der Waals surface area contributed by atoms with E-state index in [1.807, 2.05) is 11.4 Å². The van der Waals surface area contributed by atoms with Gasteiger partial charge in [0.05, 0.1) is 10.6 Å². The van der Waals surface area contributed by atoms with Crippen molar-refractivity contribution in [2.24, 2.45) is 0 Å². The molecule has 0 aliphatic rings. The van der Waals surface area contributed by atoms with E-state index in [1.54, 1.807) is 6.92 Å². The van der Waals surface area contributed by atoms with Gasteiger partial charge < -0.3 is 5.11 Å². The quantitative estimate of drug-likeness (QED) is 0.892. The summed E-state index contributed by atoms with van der Waals surface area (Å²) in [7, 11) is 0. The fraction of sp³-hybridized carbons (Fsp3) is 0.111. The number of carbonyl (C=O) groups is 1. The third-order valence-electron chi connectivity index (χ3n) is 2.03. The van der Waals surface area contributed by atoms with Gasteiger partial charge >= 0.3 is 5.97 Å². The topological polar surface area (TPSA) is 66.0 Å². The van der Waals surface area contributed by atoms with Crippen LogP contribution < -0.4 is 0 Å². The monoisotopic (exact) mass is 286 g/mol. The van der Waals surface area contributed by atoms with Crippen LogP contribution in [0.5, 0.6) is 0 Å². The van der Waals surface area contributed by atoms with Crippen LogP contribution in [0, 0.1) is 6.92 Å². The molecule has 2 heterocycles. The standard InChI is InChI=1S/C9H7BrN2O2S/c1-4-7(6-2-5(10)3-15-6)11-12-8(4)9(13)14/h2-3H,1H3,(H,11,12)(H,13,14). The van der Waals surface area contributed by atoms with E-state index in [0.717, 1.165) is 15.0 Å². The van der Waals surface area contributed by atoms with E-state index in [-0.39, 0.29) is 5.69 Å². The second-order valence-corrected chi connectivity index (χ2v) is 4.83. The molecule has 0 spiro atoms. The van der Waals surface area contributed by atoms with Gasteiger partial charge in [-0.3, -0.25) is 5.10 Å². The second-order valence-electron chi connectivity index (χ2n) is 3.01. The molecule has 0 aliphatic heterocycles. The van der Waals surface area contributed by atoms with Gasteiger partial charge in [-0.25, -0.2) is 4.79 Å². The lowest BCUT2D eigenvalue weighted by atomic mass is 10.2. The molecule has 0 atom stereocenters. The lowest BCUT2D eigenvalue weighted by Gasteiger charge is -1.93. The lowest BCUT2D eigenvalue weighted by molar-refractivity contribution is 0.0689. The Morgan fingerprint density at radius 3 is 2.87 bits per heavy atom. The van der Waals surface area contributed by atoms with Crippen LogP contribution >= 0.6 is 27.3 Å². The Bertz CT molecular complexity index is 518. The Morgan fingerprint density at radius 2 is 2.40 bits per heavy atom. The maximum absolute atomic E-state index is 10.8. The highest BCUT2D eigenvalue weighted by molar-refractivity contribution is 9.10. The summed E-state index contributed by atoms with van der Waals surface area (Å²) in [5.41, 5.74) is 1.51. The number of carboxylic acids is 1. The first-order chi connectivity index (χ1) is 7.09. The SMILES string of the molecule is Cc1c(C(=O)O)n[nH]c1-c1cc(Br)cs1. The molecule has 0 bridgehead atoms. The molecule has 2 aromatic rings. The number of aromatic amines is 1. The number of hydrogen-bond acceptors (Lipinski definition) is 3. The van der Waals surface area contributed by atoms with Crippen LogP contribution in [0.1, 0.15) is 16.1 Å². The summed E-state index contributed by atoms with van der Waals surface area (Å²) in [4.78, 5) is 11.8. The van der Waals surface area contributed by atoms with Crippen molar-refractivity contribution in [1.82, 2.24) is 10.2 Å². The van der Waals surface area contributed by atoms with Crippen molar-refractivity contribution in [3.8, 4) is 10.6 Å². The zero-order valence-corrected chi connectivity index (χ0v) is 10.1. The number of carboxylic acid groups (broad SMARTS) is 1. The molecule has 2 N–H and O–H groups in total. The molecular formula is C9H7BrN2O2S. The Kier molecular flexibility index (Phi) is 2.62. The number of halogens is 1. The summed E-state index contributed by atoms with van der Waals surface area (Å²) in [5.74, 6) is -1.01. The maximum atomic E-state index is 10.8. The number of rotatable bonds is 2. The largest absolute Gasteiger partial charge is 0.476 e. The minimum Gasteiger partial charge on any atom is -0.476 e. The molecule has 4 nitrogen and oxygen atoms in total. The van der Waals surface area contributed by atoms with E-state index < -0.39 is 5.97 Å².